The normalized spacial score (nSPS) is 15.7. The minimum atomic E-state index is -8.62. The molecule has 0 bridgehead atoms. The number of hydrogen-bond donors (Lipinski definition) is 0. The number of alkyl halides is 21. The van der Waals surface area contributed by atoms with E-state index in [1.807, 2.05) is 0 Å². The summed E-state index contributed by atoms with van der Waals surface area (Å²) in [7, 11) is 0. The van der Waals surface area contributed by atoms with Crippen molar-refractivity contribution in [2.75, 3.05) is 6.61 Å². The van der Waals surface area contributed by atoms with Crippen LogP contribution in [0.25, 0.3) is 0 Å². The molecule has 0 spiro atoms. The average molecular weight is 811 g/mol. The molecule has 0 atom stereocenters. The molecule has 0 saturated carbocycles. The first kappa shape index (κ1) is 43.3. The second-order valence-corrected chi connectivity index (χ2v) is 20.6. The van der Waals surface area contributed by atoms with Gasteiger partial charge in [0, 0.05) is 0 Å². The summed E-state index contributed by atoms with van der Waals surface area (Å²) in [6.07, 6.45) is -20.9. The molecule has 266 valence electrons. The number of rotatable bonds is 18. The average Bonchev–Trinajstić information content (AvgIpc) is 2.77. The zero-order valence-corrected chi connectivity index (χ0v) is 25.0. The van der Waals surface area contributed by atoms with Gasteiger partial charge in [-0.1, -0.05) is 0 Å². The Balaban J connectivity index is 7.17. The van der Waals surface area contributed by atoms with E-state index in [1.54, 1.807) is 6.92 Å². The first-order valence-electron chi connectivity index (χ1n) is 12.3. The van der Waals surface area contributed by atoms with E-state index < -0.39 is 99.2 Å². The van der Waals surface area contributed by atoms with E-state index in [2.05, 4.69) is 3.07 Å². The first-order chi connectivity index (χ1) is 19.2. The van der Waals surface area contributed by atoms with Gasteiger partial charge in [0.15, 0.2) is 0 Å². The summed E-state index contributed by atoms with van der Waals surface area (Å²) in [5.41, 5.74) is 0. The molecule has 0 rings (SSSR count). The third-order valence-electron chi connectivity index (χ3n) is 6.23. The van der Waals surface area contributed by atoms with Crippen molar-refractivity contribution in [2.24, 2.45) is 0 Å². The summed E-state index contributed by atoms with van der Waals surface area (Å²) in [6.45, 7) is 0.146. The molecule has 0 aliphatic rings. The van der Waals surface area contributed by atoms with E-state index >= 15 is 0 Å². The number of hydrogen-bond acceptors (Lipinski definition) is 1. The van der Waals surface area contributed by atoms with Crippen LogP contribution in [-0.4, -0.2) is 79.5 Å². The molecule has 0 aromatic carbocycles. The number of unbranched alkanes of at least 4 members (excludes halogenated alkanes) is 6. The molecule has 0 unspecified atom stereocenters. The van der Waals surface area contributed by atoms with Crippen LogP contribution < -0.4 is 0 Å². The summed E-state index contributed by atoms with van der Waals surface area (Å²) in [4.78, 5) is 0. The monoisotopic (exact) mass is 812 g/mol. The molecule has 23 heteroatoms. The Hall–Kier alpha value is -0.711. The third kappa shape index (κ3) is 9.90. The molecule has 0 radical (unpaired) electrons. The molecule has 0 aromatic rings. The van der Waals surface area contributed by atoms with Crippen molar-refractivity contribution < 1.29 is 95.3 Å². The van der Waals surface area contributed by atoms with Gasteiger partial charge in [0.05, 0.1) is 0 Å². The van der Waals surface area contributed by atoms with Crippen molar-refractivity contribution in [2.45, 2.75) is 119 Å². The molecule has 0 heterocycles. The quantitative estimate of drug-likeness (QED) is 0.0761. The molecule has 0 amide bonds. The topological polar surface area (TPSA) is 9.23 Å². The molecule has 0 aromatic heterocycles. The fourth-order valence-electron chi connectivity index (χ4n) is 3.86. The van der Waals surface area contributed by atoms with Crippen molar-refractivity contribution in [1.29, 1.82) is 0 Å². The van der Waals surface area contributed by atoms with Crippen LogP contribution in [0.5, 0.6) is 0 Å². The SMILES string of the molecule is CCCCCCCCC[O][Sn]([CH2]C(F)(F)C(F)(F)C(F)(F)F)([CH2]C(F)(F)C(F)(F)C(F)(F)F)[CH2]C(F)(F)C(F)(F)C(F)(F)F. The second-order valence-electron chi connectivity index (χ2n) is 10.0. The van der Waals surface area contributed by atoms with Crippen LogP contribution in [0.15, 0.2) is 0 Å². The molecule has 0 N–H and O–H groups in total. The molecular formula is C21H25F21OSn. The first-order valence-corrected chi connectivity index (χ1v) is 19.5. The summed E-state index contributed by atoms with van der Waals surface area (Å²) in [5.74, 6) is -43.4. The van der Waals surface area contributed by atoms with E-state index in [0.29, 0.717) is 25.7 Å². The van der Waals surface area contributed by atoms with Gasteiger partial charge >= 0.3 is 240 Å². The maximum absolute atomic E-state index is 14.3. The summed E-state index contributed by atoms with van der Waals surface area (Å²) < 4.78 is 274. The van der Waals surface area contributed by atoms with Crippen molar-refractivity contribution >= 4 is 18.8 Å². The predicted molar refractivity (Wildman–Crippen MR) is 112 cm³/mol. The maximum atomic E-state index is 14.3. The van der Waals surface area contributed by atoms with Gasteiger partial charge in [-0.2, -0.15) is 0 Å². The van der Waals surface area contributed by atoms with Gasteiger partial charge in [0.1, 0.15) is 0 Å². The molecule has 0 fully saturated rings. The van der Waals surface area contributed by atoms with Gasteiger partial charge < -0.3 is 0 Å². The summed E-state index contributed by atoms with van der Waals surface area (Å²) >= 11 is -8.62. The second kappa shape index (κ2) is 14.2. The molecular weight excluding hydrogens is 786 g/mol. The molecule has 44 heavy (non-hydrogen) atoms. The molecule has 1 nitrogen and oxygen atoms in total. The molecule has 0 aliphatic carbocycles. The standard InChI is InChI=1S/C9H19O.3C4H2F7.Sn/c1-2-3-4-5-6-7-8-9-10;3*1-2(5,6)3(7,8)4(9,10)11;/h2-9H2,1H3;3*1H2;/q-1;;;;+1. The Kier molecular flexibility index (Phi) is 14.0. The van der Waals surface area contributed by atoms with Gasteiger partial charge in [-0.15, -0.1) is 0 Å². The van der Waals surface area contributed by atoms with Crippen molar-refractivity contribution in [3.8, 4) is 0 Å². The van der Waals surface area contributed by atoms with Crippen LogP contribution in [0.2, 0.25) is 13.3 Å². The zero-order chi connectivity index (χ0) is 35.5. The fourth-order valence-corrected chi connectivity index (χ4v) is 16.3. The molecule has 0 aliphatic heterocycles. The summed E-state index contributed by atoms with van der Waals surface area (Å²) in [5, 5.41) is 0. The van der Waals surface area contributed by atoms with E-state index in [-0.39, 0.29) is 12.8 Å². The zero-order valence-electron chi connectivity index (χ0n) is 22.1. The van der Waals surface area contributed by atoms with Crippen LogP contribution in [0.1, 0.15) is 51.9 Å². The van der Waals surface area contributed by atoms with Crippen LogP contribution in [0.4, 0.5) is 92.2 Å². The van der Waals surface area contributed by atoms with Gasteiger partial charge in [-0.25, -0.2) is 0 Å². The van der Waals surface area contributed by atoms with E-state index in [1.165, 1.54) is 0 Å². The fraction of sp³-hybridized carbons (Fsp3) is 1.00. The Bertz CT molecular complexity index is 792. The van der Waals surface area contributed by atoms with Crippen LogP contribution in [-0.2, 0) is 3.07 Å². The van der Waals surface area contributed by atoms with Crippen LogP contribution in [0, 0.1) is 0 Å². The minimum absolute atomic E-state index is 0.110. The Labute approximate surface area is 240 Å². The van der Waals surface area contributed by atoms with Crippen molar-refractivity contribution in [3.63, 3.8) is 0 Å². The van der Waals surface area contributed by atoms with Crippen LogP contribution in [0.3, 0.4) is 0 Å². The van der Waals surface area contributed by atoms with Crippen LogP contribution >= 0.6 is 0 Å². The van der Waals surface area contributed by atoms with Crippen molar-refractivity contribution in [1.82, 2.24) is 0 Å². The Morgan fingerprint density at radius 2 is 0.636 bits per heavy atom. The van der Waals surface area contributed by atoms with E-state index in [0.717, 1.165) is 0 Å². The third-order valence-corrected chi connectivity index (χ3v) is 17.9. The van der Waals surface area contributed by atoms with Gasteiger partial charge in [-0.05, 0) is 0 Å². The summed E-state index contributed by atoms with van der Waals surface area (Å²) in [6, 6.07) is 0. The number of halogens is 21. The predicted octanol–water partition coefficient (Wildman–Crippen LogP) is 11.2. The van der Waals surface area contributed by atoms with Gasteiger partial charge in [0.2, 0.25) is 0 Å². The molecule has 0 saturated heterocycles. The Morgan fingerprint density at radius 3 is 0.886 bits per heavy atom. The van der Waals surface area contributed by atoms with E-state index in [9.17, 15) is 92.2 Å². The van der Waals surface area contributed by atoms with Gasteiger partial charge in [0.25, 0.3) is 0 Å². The van der Waals surface area contributed by atoms with E-state index in [4.69, 9.17) is 0 Å². The Morgan fingerprint density at radius 1 is 0.386 bits per heavy atom. The van der Waals surface area contributed by atoms with Gasteiger partial charge in [-0.3, -0.25) is 0 Å². The van der Waals surface area contributed by atoms with Crippen molar-refractivity contribution in [3.05, 3.63) is 0 Å².